The topological polar surface area (TPSA) is 18.5 Å². The van der Waals surface area contributed by atoms with Gasteiger partial charge in [-0.15, -0.1) is 0 Å². The summed E-state index contributed by atoms with van der Waals surface area (Å²) in [5.74, 6) is 0. The summed E-state index contributed by atoms with van der Waals surface area (Å²) in [5.41, 5.74) is 0. The van der Waals surface area contributed by atoms with Gasteiger partial charge in [-0.2, -0.15) is 0 Å². The highest BCUT2D eigenvalue weighted by Crippen LogP contribution is 1.96. The molecule has 0 N–H and O–H groups in total. The lowest BCUT2D eigenvalue weighted by atomic mass is 10.5. The van der Waals surface area contributed by atoms with Crippen LogP contribution in [0.1, 0.15) is 12.8 Å². The van der Waals surface area contributed by atoms with Crippen molar-refractivity contribution in [2.75, 3.05) is 13.2 Å². The van der Waals surface area contributed by atoms with Gasteiger partial charge in [0.05, 0.1) is 0 Å². The van der Waals surface area contributed by atoms with Gasteiger partial charge in [0.15, 0.2) is 19.5 Å². The zero-order valence-corrected chi connectivity index (χ0v) is 13.4. The van der Waals surface area contributed by atoms with Gasteiger partial charge in [-0.3, -0.25) is 0 Å². The molecular formula is C8H24O2Si3. The van der Waals surface area contributed by atoms with Crippen LogP contribution in [0.15, 0.2) is 0 Å². The fourth-order valence-corrected chi connectivity index (χ4v) is 3.68. The molecule has 80 valence electrons. The zero-order valence-electron chi connectivity index (χ0n) is 9.18. The van der Waals surface area contributed by atoms with Crippen LogP contribution in [0, 0.1) is 0 Å². The van der Waals surface area contributed by atoms with Crippen molar-refractivity contribution in [1.82, 2.24) is 0 Å². The molecule has 0 amide bonds. The molecule has 0 aliphatic carbocycles. The maximum Gasteiger partial charge on any atom is 0.158 e. The minimum Gasteiger partial charge on any atom is -0.424 e. The van der Waals surface area contributed by atoms with Crippen LogP contribution in [-0.2, 0) is 8.85 Å². The average Bonchev–Trinajstić information content (AvgIpc) is 2.16. The summed E-state index contributed by atoms with van der Waals surface area (Å²) in [5, 5.41) is 0. The van der Waals surface area contributed by atoms with Crippen LogP contribution in [-0.4, -0.2) is 42.3 Å². The number of hydrogen-bond donors (Lipinski definition) is 0. The second-order valence-electron chi connectivity index (χ2n) is 3.16. The molecule has 0 aliphatic rings. The van der Waals surface area contributed by atoms with E-state index in [9.17, 15) is 0 Å². The van der Waals surface area contributed by atoms with E-state index >= 15 is 0 Å². The maximum atomic E-state index is 5.42. The standard InChI is InChI=1S/C8H24O2Si3/c1-11-9-5-3-7-13-8-4-6-10-12-2/h3-8,11-13H2,1-2H3. The fraction of sp³-hybridized carbons (Fsp3) is 1.00. The first-order valence-electron chi connectivity index (χ1n) is 5.57. The van der Waals surface area contributed by atoms with Crippen molar-refractivity contribution >= 4 is 29.0 Å². The number of hydrogen-bond acceptors (Lipinski definition) is 2. The molecule has 0 aromatic rings. The minimum atomic E-state index is -0.137. The highest BCUT2D eigenvalue weighted by molar-refractivity contribution is 6.35. The Hall–Kier alpha value is 0.571. The lowest BCUT2D eigenvalue weighted by Gasteiger charge is -2.02. The van der Waals surface area contributed by atoms with Crippen molar-refractivity contribution in [3.8, 4) is 0 Å². The van der Waals surface area contributed by atoms with Crippen molar-refractivity contribution in [2.45, 2.75) is 38.0 Å². The van der Waals surface area contributed by atoms with Crippen LogP contribution >= 0.6 is 0 Å². The Kier molecular flexibility index (Phi) is 13.1. The van der Waals surface area contributed by atoms with E-state index in [-0.39, 0.29) is 29.0 Å². The van der Waals surface area contributed by atoms with Gasteiger partial charge >= 0.3 is 0 Å². The van der Waals surface area contributed by atoms with E-state index in [0.717, 1.165) is 13.2 Å². The van der Waals surface area contributed by atoms with E-state index in [2.05, 4.69) is 13.1 Å². The summed E-state index contributed by atoms with van der Waals surface area (Å²) in [7, 11) is -0.0473. The first kappa shape index (κ1) is 13.6. The SMILES string of the molecule is C[SiH2]OCCC[SiH2]CCCO[SiH2]C. The molecule has 0 heterocycles. The van der Waals surface area contributed by atoms with Crippen molar-refractivity contribution < 1.29 is 8.85 Å². The van der Waals surface area contributed by atoms with Crippen LogP contribution in [0.2, 0.25) is 25.2 Å². The van der Waals surface area contributed by atoms with Gasteiger partial charge < -0.3 is 8.85 Å². The Bertz CT molecular complexity index is 83.5. The molecule has 0 unspecified atom stereocenters. The predicted molar refractivity (Wildman–Crippen MR) is 68.1 cm³/mol. The molecule has 0 fully saturated rings. The summed E-state index contributed by atoms with van der Waals surface area (Å²) in [4.78, 5) is 0. The molecule has 0 rings (SSSR count). The molecule has 0 radical (unpaired) electrons. The van der Waals surface area contributed by atoms with E-state index in [1.54, 1.807) is 0 Å². The zero-order chi connectivity index (χ0) is 9.78. The van der Waals surface area contributed by atoms with E-state index in [4.69, 9.17) is 8.85 Å². The molecule has 0 bridgehead atoms. The molecule has 0 atom stereocenters. The summed E-state index contributed by atoms with van der Waals surface area (Å²) >= 11 is 0. The van der Waals surface area contributed by atoms with Gasteiger partial charge in [0.1, 0.15) is 0 Å². The van der Waals surface area contributed by atoms with Crippen LogP contribution in [0.4, 0.5) is 0 Å². The van der Waals surface area contributed by atoms with E-state index in [0.29, 0.717) is 0 Å². The number of rotatable bonds is 10. The van der Waals surface area contributed by atoms with E-state index in [1.807, 2.05) is 0 Å². The Balaban J connectivity index is 2.76. The third-order valence-corrected chi connectivity index (χ3v) is 5.38. The highest BCUT2D eigenvalue weighted by atomic mass is 28.2. The van der Waals surface area contributed by atoms with Crippen LogP contribution < -0.4 is 0 Å². The summed E-state index contributed by atoms with van der Waals surface area (Å²) in [6.45, 7) is 6.47. The highest BCUT2D eigenvalue weighted by Gasteiger charge is 1.91. The molecule has 0 aromatic carbocycles. The van der Waals surface area contributed by atoms with Gasteiger partial charge in [0, 0.05) is 22.7 Å². The van der Waals surface area contributed by atoms with Gasteiger partial charge in [0.25, 0.3) is 0 Å². The molecule has 0 saturated carbocycles. The monoisotopic (exact) mass is 236 g/mol. The Morgan fingerprint density at radius 1 is 0.846 bits per heavy atom. The van der Waals surface area contributed by atoms with Crippen molar-refractivity contribution in [2.24, 2.45) is 0 Å². The second kappa shape index (κ2) is 12.6. The molecular weight excluding hydrogens is 212 g/mol. The fourth-order valence-electron chi connectivity index (χ4n) is 1.23. The van der Waals surface area contributed by atoms with Gasteiger partial charge in [-0.1, -0.05) is 25.2 Å². The van der Waals surface area contributed by atoms with Crippen LogP contribution in [0.25, 0.3) is 0 Å². The third-order valence-electron chi connectivity index (χ3n) is 1.99. The third kappa shape index (κ3) is 12.6. The van der Waals surface area contributed by atoms with E-state index < -0.39 is 0 Å². The van der Waals surface area contributed by atoms with Crippen molar-refractivity contribution in [3.05, 3.63) is 0 Å². The second-order valence-corrected chi connectivity index (χ2v) is 7.25. The molecule has 0 aromatic heterocycles. The Labute approximate surface area is 89.5 Å². The average molecular weight is 237 g/mol. The van der Waals surface area contributed by atoms with E-state index in [1.165, 1.54) is 24.9 Å². The normalized spacial score (nSPS) is 13.4. The lowest BCUT2D eigenvalue weighted by Crippen LogP contribution is -2.00. The molecule has 0 aliphatic heterocycles. The summed E-state index contributed by atoms with van der Waals surface area (Å²) in [6.07, 6.45) is 2.63. The summed E-state index contributed by atoms with van der Waals surface area (Å²) < 4.78 is 10.8. The lowest BCUT2D eigenvalue weighted by molar-refractivity contribution is 0.335. The van der Waals surface area contributed by atoms with Crippen LogP contribution in [0.5, 0.6) is 0 Å². The first-order chi connectivity index (χ1) is 6.41. The van der Waals surface area contributed by atoms with Crippen molar-refractivity contribution in [1.29, 1.82) is 0 Å². The van der Waals surface area contributed by atoms with Crippen molar-refractivity contribution in [3.63, 3.8) is 0 Å². The molecule has 2 nitrogen and oxygen atoms in total. The Morgan fingerprint density at radius 3 is 1.69 bits per heavy atom. The molecule has 13 heavy (non-hydrogen) atoms. The Morgan fingerprint density at radius 2 is 1.31 bits per heavy atom. The van der Waals surface area contributed by atoms with Gasteiger partial charge in [0.2, 0.25) is 0 Å². The smallest absolute Gasteiger partial charge is 0.158 e. The van der Waals surface area contributed by atoms with Crippen LogP contribution in [0.3, 0.4) is 0 Å². The minimum absolute atomic E-state index is 0.137. The molecule has 5 heteroatoms. The molecule has 0 spiro atoms. The molecule has 0 saturated heterocycles. The quantitative estimate of drug-likeness (QED) is 0.395. The summed E-state index contributed by atoms with van der Waals surface area (Å²) in [6, 6.07) is 2.94. The predicted octanol–water partition coefficient (Wildman–Crippen LogP) is 0.0690. The maximum absolute atomic E-state index is 5.42. The van der Waals surface area contributed by atoms with Gasteiger partial charge in [-0.25, -0.2) is 0 Å². The largest absolute Gasteiger partial charge is 0.424 e. The first-order valence-corrected chi connectivity index (χ1v) is 11.6. The van der Waals surface area contributed by atoms with Gasteiger partial charge in [-0.05, 0) is 12.8 Å².